The van der Waals surface area contributed by atoms with Gasteiger partial charge < -0.3 is 14.6 Å². The first-order valence-corrected chi connectivity index (χ1v) is 9.42. The topological polar surface area (TPSA) is 55.8 Å². The number of fused-ring (bicyclic) bond motifs is 2. The molecule has 2 aliphatic rings. The number of allylic oxidation sites excluding steroid dienone is 3. The smallest absolute Gasteiger partial charge is 0.303 e. The molecule has 136 valence electrons. The molecule has 2 rings (SSSR count). The number of unbranched alkanes of at least 4 members (excludes halogenated alkanes) is 3. The molecule has 2 aliphatic heterocycles. The molecule has 0 aromatic carbocycles. The summed E-state index contributed by atoms with van der Waals surface area (Å²) in [5.41, 5.74) is 0. The van der Waals surface area contributed by atoms with Crippen molar-refractivity contribution in [2.45, 2.75) is 76.4 Å². The second kappa shape index (κ2) is 10.5. The second-order valence-electron chi connectivity index (χ2n) is 7.00. The van der Waals surface area contributed by atoms with Gasteiger partial charge in [-0.1, -0.05) is 18.6 Å². The van der Waals surface area contributed by atoms with Crippen molar-refractivity contribution in [3.05, 3.63) is 24.5 Å². The minimum Gasteiger partial charge on any atom is -0.505 e. The van der Waals surface area contributed by atoms with E-state index in [9.17, 15) is 4.79 Å². The summed E-state index contributed by atoms with van der Waals surface area (Å²) in [6.45, 7) is 0. The number of methoxy groups -OCH3 is 1. The van der Waals surface area contributed by atoms with E-state index in [2.05, 4.69) is 18.2 Å². The van der Waals surface area contributed by atoms with E-state index in [1.54, 1.807) is 13.4 Å². The van der Waals surface area contributed by atoms with Gasteiger partial charge in [0, 0.05) is 6.42 Å². The van der Waals surface area contributed by atoms with Crippen molar-refractivity contribution < 1.29 is 19.4 Å². The van der Waals surface area contributed by atoms with Crippen LogP contribution in [0.3, 0.4) is 0 Å². The highest BCUT2D eigenvalue weighted by Crippen LogP contribution is 2.47. The van der Waals surface area contributed by atoms with Crippen LogP contribution < -0.4 is 0 Å². The summed E-state index contributed by atoms with van der Waals surface area (Å²) in [7, 11) is 1.68. The van der Waals surface area contributed by atoms with Gasteiger partial charge in [-0.15, -0.1) is 0 Å². The highest BCUT2D eigenvalue weighted by atomic mass is 16.5. The third-order valence-corrected chi connectivity index (χ3v) is 5.32. The van der Waals surface area contributed by atoms with E-state index in [-0.39, 0.29) is 6.42 Å². The maximum absolute atomic E-state index is 10.5. The molecule has 24 heavy (non-hydrogen) atoms. The van der Waals surface area contributed by atoms with Crippen molar-refractivity contribution in [1.29, 1.82) is 0 Å². The molecule has 0 radical (unpaired) electrons. The van der Waals surface area contributed by atoms with Crippen molar-refractivity contribution in [2.24, 2.45) is 11.8 Å². The lowest BCUT2D eigenvalue weighted by molar-refractivity contribution is -0.137. The molecule has 0 unspecified atom stereocenters. The molecule has 0 aliphatic carbocycles. The molecule has 2 saturated heterocycles. The normalized spacial score (nSPS) is 29.0. The fourth-order valence-corrected chi connectivity index (χ4v) is 4.15. The van der Waals surface area contributed by atoms with Gasteiger partial charge in [-0.25, -0.2) is 0 Å². The molecule has 0 aromatic heterocycles. The van der Waals surface area contributed by atoms with Crippen LogP contribution in [0.4, 0.5) is 0 Å². The maximum atomic E-state index is 10.5. The molecule has 1 N–H and O–H groups in total. The Morgan fingerprint density at radius 3 is 2.58 bits per heavy atom. The third-order valence-electron chi connectivity index (χ3n) is 5.32. The van der Waals surface area contributed by atoms with Gasteiger partial charge in [0.05, 0.1) is 25.6 Å². The molecule has 4 heteroatoms. The fraction of sp³-hybridized carbons (Fsp3) is 0.750. The van der Waals surface area contributed by atoms with Crippen molar-refractivity contribution in [2.75, 3.05) is 7.11 Å². The van der Waals surface area contributed by atoms with Crippen LogP contribution in [0.25, 0.3) is 0 Å². The zero-order valence-corrected chi connectivity index (χ0v) is 14.9. The average Bonchev–Trinajstić information content (AvgIpc) is 3.15. The minimum atomic E-state index is -0.703. The lowest BCUT2D eigenvalue weighted by atomic mass is 9.75. The van der Waals surface area contributed by atoms with E-state index >= 15 is 0 Å². The zero-order chi connectivity index (χ0) is 17.2. The average molecular weight is 336 g/mol. The molecule has 2 bridgehead atoms. The number of rotatable bonds is 12. The van der Waals surface area contributed by atoms with Gasteiger partial charge in [0.15, 0.2) is 0 Å². The fourth-order valence-electron chi connectivity index (χ4n) is 4.15. The van der Waals surface area contributed by atoms with Crippen LogP contribution >= 0.6 is 0 Å². The summed E-state index contributed by atoms with van der Waals surface area (Å²) in [6, 6.07) is 0. The van der Waals surface area contributed by atoms with Crippen LogP contribution in [0.2, 0.25) is 0 Å². The molecule has 0 aromatic rings. The van der Waals surface area contributed by atoms with Gasteiger partial charge in [-0.2, -0.15) is 0 Å². The summed E-state index contributed by atoms with van der Waals surface area (Å²) >= 11 is 0. The van der Waals surface area contributed by atoms with Crippen LogP contribution in [0, 0.1) is 11.8 Å². The first kappa shape index (κ1) is 19.0. The summed E-state index contributed by atoms with van der Waals surface area (Å²) in [6.07, 6.45) is 19.4. The van der Waals surface area contributed by atoms with Crippen molar-refractivity contribution in [3.8, 4) is 0 Å². The molecule has 2 heterocycles. The second-order valence-corrected chi connectivity index (χ2v) is 7.00. The van der Waals surface area contributed by atoms with Crippen LogP contribution in [-0.4, -0.2) is 30.4 Å². The Bertz CT molecular complexity index is 429. The molecule has 4 atom stereocenters. The molecule has 0 spiro atoms. The molecular formula is C20H32O4. The molecule has 0 amide bonds. The van der Waals surface area contributed by atoms with Crippen molar-refractivity contribution in [3.63, 3.8) is 0 Å². The standard InChI is InChI=1S/C20H32O4/c1-23-15-9-5-4-7-11-17-16(18-13-14-19(17)24-18)10-6-2-3-8-12-20(21)22/h2,6,9,15-19H,3-5,7-8,10-14H2,1H3,(H,21,22)/b6-2-,15-9?/t16-,17+,18-,19+/m0/s1. The summed E-state index contributed by atoms with van der Waals surface area (Å²) in [5.74, 6) is 0.665. The summed E-state index contributed by atoms with van der Waals surface area (Å²) in [4.78, 5) is 10.5. The molecule has 4 nitrogen and oxygen atoms in total. The first-order chi connectivity index (χ1) is 11.7. The molecular weight excluding hydrogens is 304 g/mol. The van der Waals surface area contributed by atoms with Gasteiger partial charge in [0.25, 0.3) is 0 Å². The van der Waals surface area contributed by atoms with Gasteiger partial charge in [0.2, 0.25) is 0 Å². The lowest BCUT2D eigenvalue weighted by Gasteiger charge is -2.27. The molecule has 2 fully saturated rings. The quantitative estimate of drug-likeness (QED) is 0.319. The van der Waals surface area contributed by atoms with Crippen molar-refractivity contribution >= 4 is 5.97 Å². The van der Waals surface area contributed by atoms with Gasteiger partial charge in [-0.05, 0) is 69.3 Å². The summed E-state index contributed by atoms with van der Waals surface area (Å²) < 4.78 is 11.1. The Labute approximate surface area is 145 Å². The van der Waals surface area contributed by atoms with Crippen LogP contribution in [0.5, 0.6) is 0 Å². The Kier molecular flexibility index (Phi) is 8.37. The predicted octanol–water partition coefficient (Wildman–Crippen LogP) is 4.70. The van der Waals surface area contributed by atoms with E-state index in [1.807, 2.05) is 0 Å². The Balaban J connectivity index is 1.68. The zero-order valence-electron chi connectivity index (χ0n) is 14.9. The maximum Gasteiger partial charge on any atom is 0.303 e. The Morgan fingerprint density at radius 2 is 1.83 bits per heavy atom. The Morgan fingerprint density at radius 1 is 1.08 bits per heavy atom. The predicted molar refractivity (Wildman–Crippen MR) is 94.7 cm³/mol. The number of hydrogen-bond donors (Lipinski definition) is 1. The first-order valence-electron chi connectivity index (χ1n) is 9.42. The highest BCUT2D eigenvalue weighted by Gasteiger charge is 2.47. The van der Waals surface area contributed by atoms with Gasteiger partial charge >= 0.3 is 5.97 Å². The monoisotopic (exact) mass is 336 g/mol. The number of carboxylic acid groups (broad SMARTS) is 1. The molecule has 0 saturated carbocycles. The van der Waals surface area contributed by atoms with Crippen molar-refractivity contribution in [1.82, 2.24) is 0 Å². The number of ether oxygens (including phenoxy) is 2. The van der Waals surface area contributed by atoms with Gasteiger partial charge in [-0.3, -0.25) is 4.79 Å². The van der Waals surface area contributed by atoms with Gasteiger partial charge in [0.1, 0.15) is 0 Å². The van der Waals surface area contributed by atoms with Crippen LogP contribution in [0.1, 0.15) is 64.2 Å². The number of carboxylic acids is 1. The van der Waals surface area contributed by atoms with Crippen LogP contribution in [0.15, 0.2) is 24.5 Å². The lowest BCUT2D eigenvalue weighted by Crippen LogP contribution is -2.26. The van der Waals surface area contributed by atoms with E-state index < -0.39 is 5.97 Å². The largest absolute Gasteiger partial charge is 0.505 e. The number of carbonyl (C=O) groups is 1. The SMILES string of the molecule is COC=CCCCC[C@@H]1[C@H](C/C=C\CCCC(=O)O)[C@@H]2CC[C@H]1O2. The van der Waals surface area contributed by atoms with E-state index in [4.69, 9.17) is 14.6 Å². The Hall–Kier alpha value is -1.29. The minimum absolute atomic E-state index is 0.266. The number of hydrogen-bond acceptors (Lipinski definition) is 3. The van der Waals surface area contributed by atoms with E-state index in [0.717, 1.165) is 25.7 Å². The van der Waals surface area contributed by atoms with E-state index in [1.165, 1.54) is 32.1 Å². The highest BCUT2D eigenvalue weighted by molar-refractivity contribution is 5.66. The van der Waals surface area contributed by atoms with Crippen LogP contribution in [-0.2, 0) is 14.3 Å². The van der Waals surface area contributed by atoms with E-state index in [0.29, 0.717) is 24.0 Å². The third kappa shape index (κ3) is 5.97. The summed E-state index contributed by atoms with van der Waals surface area (Å²) in [5, 5.41) is 8.65. The number of aliphatic carboxylic acids is 1.